The summed E-state index contributed by atoms with van der Waals surface area (Å²) in [5.41, 5.74) is 12.4. The van der Waals surface area contributed by atoms with Gasteiger partial charge in [0.15, 0.2) is 23.0 Å². The van der Waals surface area contributed by atoms with Crippen LogP contribution in [-0.2, 0) is 22.4 Å². The van der Waals surface area contributed by atoms with Gasteiger partial charge >= 0.3 is 5.97 Å². The van der Waals surface area contributed by atoms with Gasteiger partial charge in [-0.3, -0.25) is 35.2 Å². The van der Waals surface area contributed by atoms with Crippen LogP contribution in [0.3, 0.4) is 0 Å². The number of carboxylic acid groups (broad SMARTS) is 1. The van der Waals surface area contributed by atoms with Gasteiger partial charge in [-0.1, -0.05) is 48.5 Å². The molecular weight excluding hydrogens is 707 g/mol. The molecule has 0 saturated heterocycles. The largest absolute Gasteiger partial charge is 0.476 e. The molecule has 12 heteroatoms. The van der Waals surface area contributed by atoms with Gasteiger partial charge in [0.25, 0.3) is 5.91 Å². The number of rotatable bonds is 10. The Balaban J connectivity index is 0.000000215. The van der Waals surface area contributed by atoms with Gasteiger partial charge in [-0.2, -0.15) is 10.2 Å². The van der Waals surface area contributed by atoms with Crippen molar-refractivity contribution in [1.29, 1.82) is 0 Å². The van der Waals surface area contributed by atoms with Crippen LogP contribution in [0, 0.1) is 0 Å². The topological polar surface area (TPSA) is 165 Å². The molecule has 4 aromatic rings. The van der Waals surface area contributed by atoms with Gasteiger partial charge in [0.05, 0.1) is 28.2 Å². The van der Waals surface area contributed by atoms with Gasteiger partial charge < -0.3 is 10.0 Å². The van der Waals surface area contributed by atoms with Crippen LogP contribution in [0.25, 0.3) is 0 Å². The van der Waals surface area contributed by atoms with Gasteiger partial charge in [0.1, 0.15) is 5.71 Å². The highest BCUT2D eigenvalue weighted by molar-refractivity contribution is 6.70. The maximum absolute atomic E-state index is 13.0. The van der Waals surface area contributed by atoms with Crippen molar-refractivity contribution in [3.8, 4) is 0 Å². The molecule has 6 rings (SSSR count). The van der Waals surface area contributed by atoms with Crippen molar-refractivity contribution < 1.29 is 24.3 Å². The van der Waals surface area contributed by atoms with E-state index in [1.807, 2.05) is 56.3 Å². The molecule has 2 heterocycles. The molecule has 4 aromatic carbocycles. The van der Waals surface area contributed by atoms with Crippen molar-refractivity contribution in [2.45, 2.75) is 65.5 Å². The number of ketones is 2. The van der Waals surface area contributed by atoms with E-state index in [0.29, 0.717) is 33.9 Å². The minimum atomic E-state index is -1.16. The Morgan fingerprint density at radius 2 is 0.982 bits per heavy atom. The number of Topliss-reactive ketones (excluding diaryl/α,β-unsaturated/α-hetero) is 2. The zero-order chi connectivity index (χ0) is 40.8. The Kier molecular flexibility index (Phi) is 12.2. The van der Waals surface area contributed by atoms with E-state index in [0.717, 1.165) is 35.1 Å². The first-order chi connectivity index (χ1) is 26.4. The van der Waals surface area contributed by atoms with Crippen molar-refractivity contribution in [3.05, 3.63) is 130 Å². The van der Waals surface area contributed by atoms with Gasteiger partial charge in [-0.05, 0) is 114 Å². The van der Waals surface area contributed by atoms with E-state index in [9.17, 15) is 24.3 Å². The standard InChI is InChI=1S/C23H26N4O2.C21H21N3O3/c1-15(28)16-10-12-18(13-11-16)25-26-21(22(29)27(4)5)20-19-9-7-6-8-17(19)14-23(2,3)24-20;1-13(25)14-8-10-16(11-9-14)23-24-19(20(26)27)18-17-7-5-4-6-15(17)12-21(2,3)22-18/h6-13,25H,14H2,1-5H3;4-11,23H,12H2,1-3H3,(H,26,27). The Hall–Kier alpha value is -6.56. The fourth-order valence-electron chi connectivity index (χ4n) is 6.32. The molecule has 0 fully saturated rings. The monoisotopic (exact) mass is 753 g/mol. The van der Waals surface area contributed by atoms with E-state index in [1.54, 1.807) is 62.6 Å². The highest BCUT2D eigenvalue weighted by atomic mass is 16.4. The van der Waals surface area contributed by atoms with Crippen LogP contribution >= 0.6 is 0 Å². The van der Waals surface area contributed by atoms with Crippen LogP contribution in [-0.4, -0.2) is 81.5 Å². The van der Waals surface area contributed by atoms with Crippen LogP contribution in [0.2, 0.25) is 0 Å². The van der Waals surface area contributed by atoms with Crippen LogP contribution in [0.1, 0.15) is 84.5 Å². The maximum Gasteiger partial charge on any atom is 0.358 e. The normalized spacial score (nSPS) is 15.4. The molecule has 0 saturated carbocycles. The lowest BCUT2D eigenvalue weighted by molar-refractivity contribution is -0.129. The predicted octanol–water partition coefficient (Wildman–Crippen LogP) is 7.14. The fourth-order valence-corrected chi connectivity index (χ4v) is 6.32. The summed E-state index contributed by atoms with van der Waals surface area (Å²) in [5, 5.41) is 18.3. The number of nitrogens with zero attached hydrogens (tertiary/aromatic N) is 5. The molecule has 12 nitrogen and oxygen atoms in total. The molecule has 0 radical (unpaired) electrons. The molecule has 2 aliphatic rings. The number of hydrogen-bond donors (Lipinski definition) is 3. The van der Waals surface area contributed by atoms with E-state index >= 15 is 0 Å². The summed E-state index contributed by atoms with van der Waals surface area (Å²) in [6.45, 7) is 11.0. The number of aliphatic imine (C=N–C) groups is 2. The van der Waals surface area contributed by atoms with Gasteiger partial charge in [0.2, 0.25) is 0 Å². The van der Waals surface area contributed by atoms with Gasteiger partial charge in [-0.15, -0.1) is 0 Å². The minimum Gasteiger partial charge on any atom is -0.476 e. The molecule has 2 aliphatic heterocycles. The Bertz CT molecular complexity index is 2280. The third kappa shape index (κ3) is 9.94. The molecular formula is C44H47N7O5. The lowest BCUT2D eigenvalue weighted by Gasteiger charge is -2.29. The second-order valence-corrected chi connectivity index (χ2v) is 15.1. The summed E-state index contributed by atoms with van der Waals surface area (Å²) in [4.78, 5) is 58.7. The minimum absolute atomic E-state index is 0.000995. The van der Waals surface area contributed by atoms with Crippen LogP contribution in [0.15, 0.2) is 117 Å². The Morgan fingerprint density at radius 3 is 1.36 bits per heavy atom. The molecule has 1 amide bonds. The number of amides is 1. The zero-order valence-electron chi connectivity index (χ0n) is 33.0. The molecule has 56 heavy (non-hydrogen) atoms. The number of carbonyl (C=O) groups excluding carboxylic acids is 3. The Labute approximate surface area is 327 Å². The lowest BCUT2D eigenvalue weighted by Crippen LogP contribution is -2.40. The van der Waals surface area contributed by atoms with E-state index in [-0.39, 0.29) is 34.4 Å². The first-order valence-electron chi connectivity index (χ1n) is 18.2. The van der Waals surface area contributed by atoms with Crippen molar-refractivity contribution in [3.63, 3.8) is 0 Å². The van der Waals surface area contributed by atoms with E-state index in [1.165, 1.54) is 18.7 Å². The Morgan fingerprint density at radius 1 is 0.607 bits per heavy atom. The number of hydrazone groups is 2. The summed E-state index contributed by atoms with van der Waals surface area (Å²) in [5.74, 6) is -1.43. The number of anilines is 2. The summed E-state index contributed by atoms with van der Waals surface area (Å²) in [6.07, 6.45) is 1.54. The summed E-state index contributed by atoms with van der Waals surface area (Å²) < 4.78 is 0. The first kappa shape index (κ1) is 40.6. The molecule has 0 atom stereocenters. The number of hydrogen-bond acceptors (Lipinski definition) is 10. The second kappa shape index (κ2) is 16.8. The van der Waals surface area contributed by atoms with E-state index in [2.05, 4.69) is 46.0 Å². The van der Waals surface area contributed by atoms with Crippen LogP contribution < -0.4 is 10.9 Å². The molecule has 0 aromatic heterocycles. The van der Waals surface area contributed by atoms with Crippen LogP contribution in [0.4, 0.5) is 11.4 Å². The SMILES string of the molecule is CC(=O)c1ccc(NN=C(C(=O)N(C)C)C2=NC(C)(C)Cc3ccccc32)cc1.CC(=O)c1ccc(NN=C(C(=O)O)C2=NC(C)(C)Cc3ccccc32)cc1. The maximum atomic E-state index is 13.0. The second-order valence-electron chi connectivity index (χ2n) is 15.1. The number of benzene rings is 4. The van der Waals surface area contributed by atoms with E-state index < -0.39 is 11.5 Å². The van der Waals surface area contributed by atoms with Gasteiger partial charge in [0, 0.05) is 36.3 Å². The third-order valence-corrected chi connectivity index (χ3v) is 9.06. The molecule has 3 N–H and O–H groups in total. The number of carbonyl (C=O) groups is 4. The van der Waals surface area contributed by atoms with Gasteiger partial charge in [-0.25, -0.2) is 4.79 Å². The predicted molar refractivity (Wildman–Crippen MR) is 223 cm³/mol. The van der Waals surface area contributed by atoms with Crippen molar-refractivity contribution in [2.75, 3.05) is 24.9 Å². The number of fused-ring (bicyclic) bond motifs is 2. The van der Waals surface area contributed by atoms with E-state index in [4.69, 9.17) is 4.99 Å². The van der Waals surface area contributed by atoms with Crippen LogP contribution in [0.5, 0.6) is 0 Å². The summed E-state index contributed by atoms with van der Waals surface area (Å²) in [7, 11) is 3.39. The molecule has 0 spiro atoms. The highest BCUT2D eigenvalue weighted by Gasteiger charge is 2.33. The average molecular weight is 754 g/mol. The molecule has 0 unspecified atom stereocenters. The number of nitrogens with one attached hydrogen (secondary N) is 2. The fraction of sp³-hybridized carbons (Fsp3) is 0.273. The zero-order valence-corrected chi connectivity index (χ0v) is 33.0. The number of carboxylic acids is 1. The third-order valence-electron chi connectivity index (χ3n) is 9.06. The quantitative estimate of drug-likeness (QED) is 0.0880. The highest BCUT2D eigenvalue weighted by Crippen LogP contribution is 2.29. The molecule has 288 valence electrons. The number of aliphatic carboxylic acids is 1. The lowest BCUT2D eigenvalue weighted by atomic mass is 9.85. The average Bonchev–Trinajstić information content (AvgIpc) is 3.14. The smallest absolute Gasteiger partial charge is 0.358 e. The molecule has 0 aliphatic carbocycles. The molecule has 0 bridgehead atoms. The first-order valence-corrected chi connectivity index (χ1v) is 18.2. The van der Waals surface area contributed by atoms with Crippen molar-refractivity contribution in [2.24, 2.45) is 20.2 Å². The van der Waals surface area contributed by atoms with Crippen molar-refractivity contribution >= 4 is 57.7 Å². The van der Waals surface area contributed by atoms with Crippen molar-refractivity contribution in [1.82, 2.24) is 4.90 Å². The summed E-state index contributed by atoms with van der Waals surface area (Å²) >= 11 is 0. The summed E-state index contributed by atoms with van der Waals surface area (Å²) in [6, 6.07) is 29.3.